The Morgan fingerprint density at radius 2 is 2.00 bits per heavy atom. The third kappa shape index (κ3) is 3.70. The van der Waals surface area contributed by atoms with Crippen LogP contribution in [0.25, 0.3) is 0 Å². The lowest BCUT2D eigenvalue weighted by atomic mass is 9.97. The molecule has 3 unspecified atom stereocenters. The number of nitrogens with one attached hydrogen (secondary N) is 1. The molecular formula is C14H28N2O. The molecule has 0 aromatic rings. The van der Waals surface area contributed by atoms with Crippen LogP contribution in [-0.2, 0) is 4.79 Å². The van der Waals surface area contributed by atoms with Gasteiger partial charge in [-0.2, -0.15) is 0 Å². The molecule has 0 aromatic heterocycles. The molecule has 3 nitrogen and oxygen atoms in total. The molecule has 1 saturated heterocycles. The average molecular weight is 240 g/mol. The summed E-state index contributed by atoms with van der Waals surface area (Å²) < 4.78 is 0. The molecule has 0 radical (unpaired) electrons. The van der Waals surface area contributed by atoms with Gasteiger partial charge in [0.1, 0.15) is 0 Å². The van der Waals surface area contributed by atoms with Crippen LogP contribution in [0.5, 0.6) is 0 Å². The van der Waals surface area contributed by atoms with Gasteiger partial charge in [0.2, 0.25) is 5.91 Å². The summed E-state index contributed by atoms with van der Waals surface area (Å²) in [5.74, 6) is 1.50. The minimum atomic E-state index is 0.0595. The number of hydrogen-bond donors (Lipinski definition) is 1. The fourth-order valence-corrected chi connectivity index (χ4v) is 2.23. The van der Waals surface area contributed by atoms with Crippen LogP contribution in [0.15, 0.2) is 0 Å². The summed E-state index contributed by atoms with van der Waals surface area (Å²) >= 11 is 0. The van der Waals surface area contributed by atoms with Crippen LogP contribution in [-0.4, -0.2) is 29.6 Å². The highest BCUT2D eigenvalue weighted by Crippen LogP contribution is 2.19. The van der Waals surface area contributed by atoms with Crippen molar-refractivity contribution in [2.45, 2.75) is 66.1 Å². The molecule has 3 atom stereocenters. The number of amides is 1. The minimum Gasteiger partial charge on any atom is -0.326 e. The molecule has 3 heteroatoms. The first kappa shape index (κ1) is 14.5. The predicted molar refractivity (Wildman–Crippen MR) is 71.6 cm³/mol. The molecule has 1 heterocycles. The summed E-state index contributed by atoms with van der Waals surface area (Å²) in [5, 5.41) is 3.41. The van der Waals surface area contributed by atoms with Crippen molar-refractivity contribution in [1.29, 1.82) is 0 Å². The SMILES string of the molecule is CCCCC1NC(C)N(CC(C)C(C)C)C1=O. The van der Waals surface area contributed by atoms with Crippen molar-refractivity contribution in [2.75, 3.05) is 6.54 Å². The van der Waals surface area contributed by atoms with Crippen molar-refractivity contribution in [3.63, 3.8) is 0 Å². The Hall–Kier alpha value is -0.570. The van der Waals surface area contributed by atoms with Gasteiger partial charge in [-0.25, -0.2) is 0 Å². The quantitative estimate of drug-likeness (QED) is 0.774. The largest absolute Gasteiger partial charge is 0.326 e. The number of unbranched alkanes of at least 4 members (excludes halogenated alkanes) is 1. The van der Waals surface area contributed by atoms with Crippen molar-refractivity contribution in [3.8, 4) is 0 Å². The van der Waals surface area contributed by atoms with Crippen molar-refractivity contribution < 1.29 is 4.79 Å². The Kier molecular flexibility index (Phi) is 5.44. The van der Waals surface area contributed by atoms with E-state index in [1.807, 2.05) is 4.90 Å². The summed E-state index contributed by atoms with van der Waals surface area (Å²) in [6.45, 7) is 11.8. The van der Waals surface area contributed by atoms with E-state index in [-0.39, 0.29) is 12.2 Å². The Labute approximate surface area is 106 Å². The van der Waals surface area contributed by atoms with Gasteiger partial charge in [0.15, 0.2) is 0 Å². The second-order valence-corrected chi connectivity index (χ2v) is 5.75. The Balaban J connectivity index is 2.53. The summed E-state index contributed by atoms with van der Waals surface area (Å²) in [6, 6.07) is 0.0595. The Morgan fingerprint density at radius 3 is 2.53 bits per heavy atom. The molecule has 0 bridgehead atoms. The average Bonchev–Trinajstić information content (AvgIpc) is 2.53. The molecule has 0 spiro atoms. The van der Waals surface area contributed by atoms with E-state index in [0.717, 1.165) is 25.8 Å². The van der Waals surface area contributed by atoms with Crippen molar-refractivity contribution in [3.05, 3.63) is 0 Å². The molecule has 17 heavy (non-hydrogen) atoms. The van der Waals surface area contributed by atoms with Gasteiger partial charge >= 0.3 is 0 Å². The van der Waals surface area contributed by atoms with Crippen LogP contribution in [0.1, 0.15) is 53.9 Å². The van der Waals surface area contributed by atoms with Crippen molar-refractivity contribution >= 4 is 5.91 Å². The standard InChI is InChI=1S/C14H28N2O/c1-6-7-8-13-14(17)16(12(5)15-13)9-11(4)10(2)3/h10-13,15H,6-9H2,1-5H3. The summed E-state index contributed by atoms with van der Waals surface area (Å²) in [4.78, 5) is 14.3. The lowest BCUT2D eigenvalue weighted by molar-refractivity contribution is -0.130. The van der Waals surface area contributed by atoms with Gasteiger partial charge in [0.05, 0.1) is 12.2 Å². The van der Waals surface area contributed by atoms with Crippen LogP contribution >= 0.6 is 0 Å². The summed E-state index contributed by atoms with van der Waals surface area (Å²) in [7, 11) is 0. The number of rotatable bonds is 6. The number of carbonyl (C=O) groups excluding carboxylic acids is 1. The summed E-state index contributed by atoms with van der Waals surface area (Å²) in [6.07, 6.45) is 3.46. The van der Waals surface area contributed by atoms with E-state index in [9.17, 15) is 4.79 Å². The molecule has 0 aliphatic carbocycles. The third-order valence-corrected chi connectivity index (χ3v) is 3.96. The van der Waals surface area contributed by atoms with Gasteiger partial charge in [-0.05, 0) is 25.2 Å². The maximum Gasteiger partial charge on any atom is 0.241 e. The fraction of sp³-hybridized carbons (Fsp3) is 0.929. The van der Waals surface area contributed by atoms with Crippen LogP contribution < -0.4 is 5.32 Å². The van der Waals surface area contributed by atoms with Gasteiger partial charge in [0.25, 0.3) is 0 Å². The first-order chi connectivity index (χ1) is 7.97. The highest BCUT2D eigenvalue weighted by Gasteiger charge is 2.36. The van der Waals surface area contributed by atoms with E-state index in [1.54, 1.807) is 0 Å². The Morgan fingerprint density at radius 1 is 1.35 bits per heavy atom. The molecule has 1 amide bonds. The zero-order chi connectivity index (χ0) is 13.0. The van der Waals surface area contributed by atoms with E-state index >= 15 is 0 Å². The maximum absolute atomic E-state index is 12.2. The second kappa shape index (κ2) is 6.39. The topological polar surface area (TPSA) is 32.3 Å². The number of hydrogen-bond acceptors (Lipinski definition) is 2. The van der Waals surface area contributed by atoms with Crippen LogP contribution in [0.4, 0.5) is 0 Å². The number of carbonyl (C=O) groups is 1. The first-order valence-corrected chi connectivity index (χ1v) is 7.03. The van der Waals surface area contributed by atoms with Gasteiger partial charge < -0.3 is 4.90 Å². The smallest absolute Gasteiger partial charge is 0.241 e. The fourth-order valence-electron chi connectivity index (χ4n) is 2.23. The van der Waals surface area contributed by atoms with Crippen molar-refractivity contribution in [1.82, 2.24) is 10.2 Å². The van der Waals surface area contributed by atoms with Crippen LogP contribution in [0, 0.1) is 11.8 Å². The normalized spacial score (nSPS) is 26.9. The zero-order valence-corrected chi connectivity index (χ0v) is 12.0. The monoisotopic (exact) mass is 240 g/mol. The van der Waals surface area contributed by atoms with E-state index in [0.29, 0.717) is 17.7 Å². The van der Waals surface area contributed by atoms with Crippen LogP contribution in [0.3, 0.4) is 0 Å². The molecule has 0 aromatic carbocycles. The van der Waals surface area contributed by atoms with E-state index in [1.165, 1.54) is 0 Å². The van der Waals surface area contributed by atoms with Gasteiger partial charge in [-0.15, -0.1) is 0 Å². The molecular weight excluding hydrogens is 212 g/mol. The van der Waals surface area contributed by atoms with E-state index in [2.05, 4.69) is 39.9 Å². The lowest BCUT2D eigenvalue weighted by Gasteiger charge is -2.26. The van der Waals surface area contributed by atoms with E-state index in [4.69, 9.17) is 0 Å². The van der Waals surface area contributed by atoms with Gasteiger partial charge in [0, 0.05) is 6.54 Å². The zero-order valence-electron chi connectivity index (χ0n) is 12.0. The number of nitrogens with zero attached hydrogens (tertiary/aromatic N) is 1. The van der Waals surface area contributed by atoms with Gasteiger partial charge in [-0.1, -0.05) is 40.5 Å². The summed E-state index contributed by atoms with van der Waals surface area (Å²) in [5.41, 5.74) is 0. The van der Waals surface area contributed by atoms with E-state index < -0.39 is 0 Å². The Bertz CT molecular complexity index is 253. The predicted octanol–water partition coefficient (Wildman–Crippen LogP) is 2.62. The van der Waals surface area contributed by atoms with Gasteiger partial charge in [-0.3, -0.25) is 10.1 Å². The highest BCUT2D eigenvalue weighted by molar-refractivity contribution is 5.84. The molecule has 1 aliphatic heterocycles. The van der Waals surface area contributed by atoms with Crippen LogP contribution in [0.2, 0.25) is 0 Å². The molecule has 1 fully saturated rings. The maximum atomic E-state index is 12.2. The third-order valence-electron chi connectivity index (χ3n) is 3.96. The lowest BCUT2D eigenvalue weighted by Crippen LogP contribution is -2.38. The molecule has 1 N–H and O–H groups in total. The highest BCUT2D eigenvalue weighted by atomic mass is 16.2. The first-order valence-electron chi connectivity index (χ1n) is 7.03. The molecule has 1 aliphatic rings. The molecule has 100 valence electrons. The molecule has 1 rings (SSSR count). The molecule has 0 saturated carbocycles. The van der Waals surface area contributed by atoms with Crippen molar-refractivity contribution in [2.24, 2.45) is 11.8 Å². The second-order valence-electron chi connectivity index (χ2n) is 5.75. The minimum absolute atomic E-state index is 0.0595.